The SMILES string of the molecule is Cc1cc(CO)cc(-c2cn(C(C)C)nn2)c1. The fraction of sp³-hybridized carbons (Fsp3) is 0.385. The minimum atomic E-state index is 0.0486. The van der Waals surface area contributed by atoms with Crippen LogP contribution in [0.2, 0.25) is 0 Å². The summed E-state index contributed by atoms with van der Waals surface area (Å²) >= 11 is 0. The van der Waals surface area contributed by atoms with Crippen molar-refractivity contribution in [1.82, 2.24) is 15.0 Å². The lowest BCUT2D eigenvalue weighted by Crippen LogP contribution is -2.00. The molecule has 0 aliphatic carbocycles. The van der Waals surface area contributed by atoms with Crippen molar-refractivity contribution >= 4 is 0 Å². The Bertz CT molecular complexity index is 517. The highest BCUT2D eigenvalue weighted by molar-refractivity contribution is 5.60. The zero-order valence-electron chi connectivity index (χ0n) is 10.4. The lowest BCUT2D eigenvalue weighted by atomic mass is 10.1. The molecule has 2 rings (SSSR count). The number of rotatable bonds is 3. The van der Waals surface area contributed by atoms with Gasteiger partial charge in [0.05, 0.1) is 12.8 Å². The van der Waals surface area contributed by atoms with Crippen molar-refractivity contribution in [1.29, 1.82) is 0 Å². The number of aryl methyl sites for hydroxylation is 1. The third-order valence-electron chi connectivity index (χ3n) is 2.65. The molecule has 0 atom stereocenters. The van der Waals surface area contributed by atoms with Gasteiger partial charge in [0, 0.05) is 11.6 Å². The number of hydrogen-bond donors (Lipinski definition) is 1. The summed E-state index contributed by atoms with van der Waals surface area (Å²) in [4.78, 5) is 0. The highest BCUT2D eigenvalue weighted by Gasteiger charge is 2.07. The van der Waals surface area contributed by atoms with Crippen molar-refractivity contribution in [2.45, 2.75) is 33.4 Å². The minimum absolute atomic E-state index is 0.0486. The van der Waals surface area contributed by atoms with Gasteiger partial charge in [0.15, 0.2) is 0 Å². The van der Waals surface area contributed by atoms with Gasteiger partial charge in [-0.05, 0) is 38.5 Å². The Hall–Kier alpha value is -1.68. The van der Waals surface area contributed by atoms with Crippen LogP contribution >= 0.6 is 0 Å². The van der Waals surface area contributed by atoms with Gasteiger partial charge in [-0.2, -0.15) is 0 Å². The fourth-order valence-corrected chi connectivity index (χ4v) is 1.76. The summed E-state index contributed by atoms with van der Waals surface area (Å²) in [6, 6.07) is 6.27. The molecule has 4 nitrogen and oxygen atoms in total. The van der Waals surface area contributed by atoms with Crippen LogP contribution in [0.4, 0.5) is 0 Å². The van der Waals surface area contributed by atoms with E-state index >= 15 is 0 Å². The van der Waals surface area contributed by atoms with Gasteiger partial charge in [0.25, 0.3) is 0 Å². The van der Waals surface area contributed by atoms with E-state index in [9.17, 15) is 5.11 Å². The van der Waals surface area contributed by atoms with Crippen LogP contribution in [0.3, 0.4) is 0 Å². The molecule has 0 aliphatic rings. The number of aliphatic hydroxyl groups is 1. The highest BCUT2D eigenvalue weighted by atomic mass is 16.3. The van der Waals surface area contributed by atoms with Gasteiger partial charge < -0.3 is 5.11 Å². The van der Waals surface area contributed by atoms with Crippen LogP contribution in [0.1, 0.15) is 31.0 Å². The number of aromatic nitrogens is 3. The molecule has 17 heavy (non-hydrogen) atoms. The molecule has 1 aromatic heterocycles. The van der Waals surface area contributed by atoms with E-state index in [-0.39, 0.29) is 6.61 Å². The average Bonchev–Trinajstić information content (AvgIpc) is 2.77. The Morgan fingerprint density at radius 2 is 2.06 bits per heavy atom. The van der Waals surface area contributed by atoms with Gasteiger partial charge in [-0.15, -0.1) is 5.10 Å². The maximum Gasteiger partial charge on any atom is 0.113 e. The van der Waals surface area contributed by atoms with E-state index < -0.39 is 0 Å². The summed E-state index contributed by atoms with van der Waals surface area (Å²) in [5, 5.41) is 17.4. The summed E-state index contributed by atoms with van der Waals surface area (Å²) in [5.74, 6) is 0. The molecule has 0 radical (unpaired) electrons. The summed E-state index contributed by atoms with van der Waals surface area (Å²) in [6.45, 7) is 6.18. The van der Waals surface area contributed by atoms with Gasteiger partial charge in [-0.1, -0.05) is 16.8 Å². The smallest absolute Gasteiger partial charge is 0.113 e. The third kappa shape index (κ3) is 2.53. The Kier molecular flexibility index (Phi) is 3.24. The van der Waals surface area contributed by atoms with Crippen molar-refractivity contribution in [2.75, 3.05) is 0 Å². The van der Waals surface area contributed by atoms with Crippen LogP contribution < -0.4 is 0 Å². The Balaban J connectivity index is 2.41. The topological polar surface area (TPSA) is 50.9 Å². The Morgan fingerprint density at radius 3 is 2.65 bits per heavy atom. The summed E-state index contributed by atoms with van der Waals surface area (Å²) in [6.07, 6.45) is 1.93. The molecule has 0 bridgehead atoms. The highest BCUT2D eigenvalue weighted by Crippen LogP contribution is 2.21. The second kappa shape index (κ2) is 4.67. The van der Waals surface area contributed by atoms with E-state index in [4.69, 9.17) is 0 Å². The lowest BCUT2D eigenvalue weighted by molar-refractivity contribution is 0.282. The number of benzene rings is 1. The first-order valence-electron chi connectivity index (χ1n) is 5.74. The molecular formula is C13H17N3O. The zero-order valence-corrected chi connectivity index (χ0v) is 10.4. The standard InChI is InChI=1S/C13H17N3O/c1-9(2)16-7-13(14-15-16)12-5-10(3)4-11(6-12)8-17/h4-7,9,17H,8H2,1-3H3. The normalized spacial score (nSPS) is 11.1. The Morgan fingerprint density at radius 1 is 1.29 bits per heavy atom. The van der Waals surface area contributed by atoms with Gasteiger partial charge in [-0.25, -0.2) is 4.68 Å². The molecule has 0 saturated heterocycles. The number of hydrogen-bond acceptors (Lipinski definition) is 3. The second-order valence-electron chi connectivity index (χ2n) is 4.54. The van der Waals surface area contributed by atoms with E-state index in [2.05, 4.69) is 24.2 Å². The van der Waals surface area contributed by atoms with E-state index in [1.54, 1.807) is 0 Å². The number of aliphatic hydroxyl groups excluding tert-OH is 1. The van der Waals surface area contributed by atoms with Gasteiger partial charge in [0.1, 0.15) is 5.69 Å². The molecule has 1 aromatic carbocycles. The molecule has 4 heteroatoms. The van der Waals surface area contributed by atoms with Crippen molar-refractivity contribution in [2.24, 2.45) is 0 Å². The fourth-order valence-electron chi connectivity index (χ4n) is 1.76. The zero-order chi connectivity index (χ0) is 12.4. The molecule has 2 aromatic rings. The lowest BCUT2D eigenvalue weighted by Gasteiger charge is -2.03. The quantitative estimate of drug-likeness (QED) is 0.882. The molecule has 0 saturated carbocycles. The van der Waals surface area contributed by atoms with Crippen LogP contribution in [-0.4, -0.2) is 20.1 Å². The Labute approximate surface area is 101 Å². The molecule has 1 heterocycles. The molecular weight excluding hydrogens is 214 g/mol. The molecule has 0 amide bonds. The van der Waals surface area contributed by atoms with Gasteiger partial charge >= 0.3 is 0 Å². The largest absolute Gasteiger partial charge is 0.392 e. The predicted molar refractivity (Wildman–Crippen MR) is 66.5 cm³/mol. The third-order valence-corrected chi connectivity index (χ3v) is 2.65. The van der Waals surface area contributed by atoms with Crippen molar-refractivity contribution in [3.8, 4) is 11.3 Å². The first kappa shape index (κ1) is 11.8. The van der Waals surface area contributed by atoms with Crippen LogP contribution in [0.15, 0.2) is 24.4 Å². The number of nitrogens with zero attached hydrogens (tertiary/aromatic N) is 3. The first-order chi connectivity index (χ1) is 8.10. The summed E-state index contributed by atoms with van der Waals surface area (Å²) < 4.78 is 1.83. The van der Waals surface area contributed by atoms with Crippen LogP contribution in [0, 0.1) is 6.92 Å². The summed E-state index contributed by atoms with van der Waals surface area (Å²) in [5.41, 5.74) is 3.86. The monoisotopic (exact) mass is 231 g/mol. The van der Waals surface area contributed by atoms with Crippen LogP contribution in [0.25, 0.3) is 11.3 Å². The summed E-state index contributed by atoms with van der Waals surface area (Å²) in [7, 11) is 0. The van der Waals surface area contributed by atoms with E-state index in [0.29, 0.717) is 6.04 Å². The van der Waals surface area contributed by atoms with Crippen molar-refractivity contribution in [3.05, 3.63) is 35.5 Å². The maximum atomic E-state index is 9.19. The molecule has 0 unspecified atom stereocenters. The molecule has 0 spiro atoms. The molecule has 1 N–H and O–H groups in total. The van der Waals surface area contributed by atoms with Crippen molar-refractivity contribution < 1.29 is 5.11 Å². The van der Waals surface area contributed by atoms with Gasteiger partial charge in [0.2, 0.25) is 0 Å². The van der Waals surface area contributed by atoms with Crippen molar-refractivity contribution in [3.63, 3.8) is 0 Å². The maximum absolute atomic E-state index is 9.19. The van der Waals surface area contributed by atoms with E-state index in [0.717, 1.165) is 22.4 Å². The van der Waals surface area contributed by atoms with E-state index in [1.165, 1.54) is 0 Å². The first-order valence-corrected chi connectivity index (χ1v) is 5.74. The van der Waals surface area contributed by atoms with Crippen LogP contribution in [-0.2, 0) is 6.61 Å². The predicted octanol–water partition coefficient (Wildman–Crippen LogP) is 2.33. The molecule has 0 aliphatic heterocycles. The molecule has 0 fully saturated rings. The molecule has 90 valence electrons. The minimum Gasteiger partial charge on any atom is -0.392 e. The van der Waals surface area contributed by atoms with Crippen LogP contribution in [0.5, 0.6) is 0 Å². The van der Waals surface area contributed by atoms with Gasteiger partial charge in [-0.3, -0.25) is 0 Å². The second-order valence-corrected chi connectivity index (χ2v) is 4.54. The van der Waals surface area contributed by atoms with E-state index in [1.807, 2.05) is 36.0 Å². The average molecular weight is 231 g/mol.